The van der Waals surface area contributed by atoms with Gasteiger partial charge < -0.3 is 14.9 Å². The zero-order chi connectivity index (χ0) is 18.7. The molecular formula is C19H26O6. The van der Waals surface area contributed by atoms with Crippen LogP contribution in [0.25, 0.3) is 0 Å². The molecule has 138 valence electrons. The molecule has 6 heteroatoms. The number of aromatic carboxylic acids is 2. The minimum Gasteiger partial charge on any atom is -0.478 e. The van der Waals surface area contributed by atoms with E-state index in [9.17, 15) is 14.4 Å². The summed E-state index contributed by atoms with van der Waals surface area (Å²) in [6.45, 7) is 2.38. The number of hydrogen-bond donors (Lipinski definition) is 2. The summed E-state index contributed by atoms with van der Waals surface area (Å²) < 4.78 is 5.10. The first-order chi connectivity index (χ1) is 12.0. The largest absolute Gasteiger partial charge is 0.478 e. The van der Waals surface area contributed by atoms with Gasteiger partial charge in [-0.1, -0.05) is 51.9 Å². The topological polar surface area (TPSA) is 101 Å². The lowest BCUT2D eigenvalue weighted by atomic mass is 10.0. The number of esters is 1. The van der Waals surface area contributed by atoms with Crippen LogP contribution in [0.3, 0.4) is 0 Å². The van der Waals surface area contributed by atoms with Crippen LogP contribution < -0.4 is 0 Å². The average molecular weight is 350 g/mol. The van der Waals surface area contributed by atoms with Crippen LogP contribution in [0.4, 0.5) is 0 Å². The molecule has 0 atom stereocenters. The molecule has 1 aromatic rings. The maximum Gasteiger partial charge on any atom is 0.339 e. The highest BCUT2D eigenvalue weighted by molar-refractivity contribution is 6.04. The molecule has 0 amide bonds. The van der Waals surface area contributed by atoms with Crippen molar-refractivity contribution in [3.8, 4) is 0 Å². The standard InChI is InChI=1S/C19H26O6/c1-2-3-4-5-6-7-8-9-12-25-19(24)16-13-14(17(20)21)10-11-15(16)18(22)23/h10-11,13H,2-9,12H2,1H3,(H,20,21)(H,22,23). The summed E-state index contributed by atoms with van der Waals surface area (Å²) in [6.07, 6.45) is 8.85. The lowest BCUT2D eigenvalue weighted by Gasteiger charge is -2.08. The summed E-state index contributed by atoms with van der Waals surface area (Å²) in [5.74, 6) is -3.33. The fourth-order valence-electron chi connectivity index (χ4n) is 2.51. The molecule has 0 unspecified atom stereocenters. The molecule has 1 rings (SSSR count). The van der Waals surface area contributed by atoms with E-state index in [2.05, 4.69) is 6.92 Å². The van der Waals surface area contributed by atoms with Crippen LogP contribution in [0.2, 0.25) is 0 Å². The number of carboxylic acids is 2. The third-order valence-electron chi connectivity index (χ3n) is 3.95. The highest BCUT2D eigenvalue weighted by atomic mass is 16.5. The van der Waals surface area contributed by atoms with Crippen LogP contribution in [-0.4, -0.2) is 34.7 Å². The third kappa shape index (κ3) is 7.37. The first-order valence-electron chi connectivity index (χ1n) is 8.75. The number of carbonyl (C=O) groups is 3. The lowest BCUT2D eigenvalue weighted by Crippen LogP contribution is -2.14. The second kappa shape index (κ2) is 11.2. The maximum absolute atomic E-state index is 12.1. The Labute approximate surface area is 147 Å². The maximum atomic E-state index is 12.1. The smallest absolute Gasteiger partial charge is 0.339 e. The highest BCUT2D eigenvalue weighted by Crippen LogP contribution is 2.15. The monoisotopic (exact) mass is 350 g/mol. The molecule has 0 bridgehead atoms. The van der Waals surface area contributed by atoms with Gasteiger partial charge in [-0.05, 0) is 24.6 Å². The summed E-state index contributed by atoms with van der Waals surface area (Å²) in [7, 11) is 0. The summed E-state index contributed by atoms with van der Waals surface area (Å²) in [5.41, 5.74) is -0.637. The zero-order valence-electron chi connectivity index (χ0n) is 14.6. The van der Waals surface area contributed by atoms with E-state index in [-0.39, 0.29) is 23.3 Å². The second-order valence-electron chi connectivity index (χ2n) is 5.98. The van der Waals surface area contributed by atoms with Crippen LogP contribution in [0.5, 0.6) is 0 Å². The fraction of sp³-hybridized carbons (Fsp3) is 0.526. The molecule has 25 heavy (non-hydrogen) atoms. The van der Waals surface area contributed by atoms with Crippen LogP contribution >= 0.6 is 0 Å². The molecule has 0 saturated heterocycles. The molecular weight excluding hydrogens is 324 g/mol. The highest BCUT2D eigenvalue weighted by Gasteiger charge is 2.20. The second-order valence-corrected chi connectivity index (χ2v) is 5.98. The number of ether oxygens (including phenoxy) is 1. The minimum absolute atomic E-state index is 0.149. The van der Waals surface area contributed by atoms with Crippen molar-refractivity contribution in [3.05, 3.63) is 34.9 Å². The Balaban J connectivity index is 2.45. The molecule has 0 aliphatic carbocycles. The first-order valence-corrected chi connectivity index (χ1v) is 8.75. The quantitative estimate of drug-likeness (QED) is 0.428. The van der Waals surface area contributed by atoms with Crippen LogP contribution in [-0.2, 0) is 4.74 Å². The number of carbonyl (C=O) groups excluding carboxylic acids is 1. The van der Waals surface area contributed by atoms with E-state index in [1.54, 1.807) is 0 Å². The van der Waals surface area contributed by atoms with Gasteiger partial charge in [-0.3, -0.25) is 0 Å². The molecule has 0 aliphatic rings. The Hall–Kier alpha value is -2.37. The van der Waals surface area contributed by atoms with Crippen LogP contribution in [0, 0.1) is 0 Å². The normalized spacial score (nSPS) is 10.4. The molecule has 0 aromatic heterocycles. The van der Waals surface area contributed by atoms with Crippen LogP contribution in [0.1, 0.15) is 89.4 Å². The Morgan fingerprint density at radius 1 is 0.840 bits per heavy atom. The predicted molar refractivity (Wildman–Crippen MR) is 93.3 cm³/mol. The lowest BCUT2D eigenvalue weighted by molar-refractivity contribution is 0.0487. The van der Waals surface area contributed by atoms with Gasteiger partial charge in [0.15, 0.2) is 0 Å². The van der Waals surface area contributed by atoms with Crippen molar-refractivity contribution in [2.75, 3.05) is 6.61 Å². The molecule has 0 saturated carbocycles. The molecule has 2 N–H and O–H groups in total. The Kier molecular flexibility index (Phi) is 9.29. The van der Waals surface area contributed by atoms with Crippen molar-refractivity contribution < 1.29 is 29.3 Å². The summed E-state index contributed by atoms with van der Waals surface area (Å²) >= 11 is 0. The van der Waals surface area contributed by atoms with E-state index in [0.29, 0.717) is 6.42 Å². The molecule has 0 radical (unpaired) electrons. The number of hydrogen-bond acceptors (Lipinski definition) is 4. The van der Waals surface area contributed by atoms with E-state index in [0.717, 1.165) is 37.5 Å². The van der Waals surface area contributed by atoms with Gasteiger partial charge in [-0.2, -0.15) is 0 Å². The summed E-state index contributed by atoms with van der Waals surface area (Å²) in [5, 5.41) is 18.1. The van der Waals surface area contributed by atoms with E-state index in [1.807, 2.05) is 0 Å². The van der Waals surface area contributed by atoms with Crippen LogP contribution in [0.15, 0.2) is 18.2 Å². The van der Waals surface area contributed by atoms with Gasteiger partial charge in [0.05, 0.1) is 23.3 Å². The zero-order valence-corrected chi connectivity index (χ0v) is 14.6. The molecule has 0 fully saturated rings. The number of carboxylic acid groups (broad SMARTS) is 2. The third-order valence-corrected chi connectivity index (χ3v) is 3.95. The van der Waals surface area contributed by atoms with Gasteiger partial charge in [0.25, 0.3) is 0 Å². The van der Waals surface area contributed by atoms with Gasteiger partial charge in [0.2, 0.25) is 0 Å². The van der Waals surface area contributed by atoms with Crippen molar-refractivity contribution in [1.29, 1.82) is 0 Å². The first kappa shape index (κ1) is 20.7. The van der Waals surface area contributed by atoms with Crippen molar-refractivity contribution in [2.24, 2.45) is 0 Å². The van der Waals surface area contributed by atoms with Gasteiger partial charge in [-0.25, -0.2) is 14.4 Å². The summed E-state index contributed by atoms with van der Waals surface area (Å²) in [4.78, 5) is 34.2. The van der Waals surface area contributed by atoms with Gasteiger partial charge >= 0.3 is 17.9 Å². The Bertz CT molecular complexity index is 594. The Morgan fingerprint density at radius 2 is 1.44 bits per heavy atom. The van der Waals surface area contributed by atoms with E-state index in [1.165, 1.54) is 25.7 Å². The van der Waals surface area contributed by atoms with Gasteiger partial charge in [-0.15, -0.1) is 0 Å². The van der Waals surface area contributed by atoms with Gasteiger partial charge in [0, 0.05) is 0 Å². The van der Waals surface area contributed by atoms with Crippen molar-refractivity contribution in [3.63, 3.8) is 0 Å². The predicted octanol–water partition coefficient (Wildman–Crippen LogP) is 4.38. The molecule has 0 aliphatic heterocycles. The molecule has 6 nitrogen and oxygen atoms in total. The molecule has 1 aromatic carbocycles. The van der Waals surface area contributed by atoms with Crippen molar-refractivity contribution in [2.45, 2.75) is 58.3 Å². The molecule has 0 heterocycles. The summed E-state index contributed by atoms with van der Waals surface area (Å²) in [6, 6.07) is 3.31. The van der Waals surface area contributed by atoms with Gasteiger partial charge in [0.1, 0.15) is 0 Å². The average Bonchev–Trinajstić information content (AvgIpc) is 2.59. The van der Waals surface area contributed by atoms with E-state index < -0.39 is 17.9 Å². The van der Waals surface area contributed by atoms with Crippen molar-refractivity contribution >= 4 is 17.9 Å². The number of rotatable bonds is 12. The van der Waals surface area contributed by atoms with E-state index >= 15 is 0 Å². The fourth-order valence-corrected chi connectivity index (χ4v) is 2.51. The van der Waals surface area contributed by atoms with Crippen molar-refractivity contribution in [1.82, 2.24) is 0 Å². The minimum atomic E-state index is -1.30. The number of unbranched alkanes of at least 4 members (excludes halogenated alkanes) is 7. The van der Waals surface area contributed by atoms with E-state index in [4.69, 9.17) is 14.9 Å². The SMILES string of the molecule is CCCCCCCCCCOC(=O)c1cc(C(=O)O)ccc1C(=O)O. The number of benzene rings is 1. The molecule has 0 spiro atoms. The Morgan fingerprint density at radius 3 is 2.00 bits per heavy atom.